The number of carbonyl (C=O) groups is 2. The fraction of sp³-hybridized carbons (Fsp3) is 0.719. The maximum absolute atomic E-state index is 13.7. The number of unbranched alkanes of at least 4 members (excludes halogenated alkanes) is 1. The summed E-state index contributed by atoms with van der Waals surface area (Å²) in [5, 5.41) is 0. The molecule has 1 aromatic carbocycles. The number of benzene rings is 1. The Labute approximate surface area is 231 Å². The average Bonchev–Trinajstić information content (AvgIpc) is 3.23. The highest BCUT2D eigenvalue weighted by Crippen LogP contribution is 2.22. The maximum atomic E-state index is 13.7. The van der Waals surface area contributed by atoms with E-state index in [-0.39, 0.29) is 11.7 Å². The lowest BCUT2D eigenvalue weighted by atomic mass is 10.1. The Balaban J connectivity index is 1.81. The van der Waals surface area contributed by atoms with Crippen LogP contribution in [0.5, 0.6) is 0 Å². The highest BCUT2D eigenvalue weighted by atomic mass is 16.2. The van der Waals surface area contributed by atoms with E-state index in [2.05, 4.69) is 48.1 Å². The van der Waals surface area contributed by atoms with E-state index < -0.39 is 0 Å². The molecular formula is C32H52N4O2. The van der Waals surface area contributed by atoms with Crippen molar-refractivity contribution in [1.82, 2.24) is 19.4 Å². The van der Waals surface area contributed by atoms with E-state index in [9.17, 15) is 9.59 Å². The summed E-state index contributed by atoms with van der Waals surface area (Å²) in [7, 11) is 0. The van der Waals surface area contributed by atoms with Gasteiger partial charge < -0.3 is 19.2 Å². The normalized spacial score (nSPS) is 14.6. The van der Waals surface area contributed by atoms with Crippen molar-refractivity contribution in [2.75, 3.05) is 32.7 Å². The van der Waals surface area contributed by atoms with Crippen LogP contribution >= 0.6 is 0 Å². The number of likely N-dealkylation sites (tertiary alicyclic amines) is 1. The van der Waals surface area contributed by atoms with Gasteiger partial charge in [0.1, 0.15) is 11.6 Å². The zero-order chi connectivity index (χ0) is 27.5. The number of fused-ring (bicyclic) bond motifs is 1. The summed E-state index contributed by atoms with van der Waals surface area (Å²) in [5.41, 5.74) is 2.81. The molecule has 1 amide bonds. The van der Waals surface area contributed by atoms with Crippen LogP contribution in [0.3, 0.4) is 0 Å². The van der Waals surface area contributed by atoms with Gasteiger partial charge in [-0.3, -0.25) is 4.79 Å². The van der Waals surface area contributed by atoms with Crippen molar-refractivity contribution in [2.24, 2.45) is 11.8 Å². The van der Waals surface area contributed by atoms with Crippen molar-refractivity contribution in [3.05, 3.63) is 29.6 Å². The molecule has 0 N–H and O–H groups in total. The van der Waals surface area contributed by atoms with E-state index in [0.717, 1.165) is 87.1 Å². The summed E-state index contributed by atoms with van der Waals surface area (Å²) in [6.45, 7) is 16.6. The smallest absolute Gasteiger partial charge is 0.253 e. The van der Waals surface area contributed by atoms with Gasteiger partial charge in [0, 0.05) is 38.0 Å². The highest BCUT2D eigenvalue weighted by molar-refractivity contribution is 5.97. The third kappa shape index (κ3) is 9.52. The van der Waals surface area contributed by atoms with Crippen LogP contribution in [-0.4, -0.2) is 63.8 Å². The number of aromatic nitrogens is 2. The fourth-order valence-corrected chi connectivity index (χ4v) is 5.36. The Morgan fingerprint density at radius 1 is 0.921 bits per heavy atom. The topological polar surface area (TPSA) is 58.4 Å². The molecule has 6 heteroatoms. The van der Waals surface area contributed by atoms with E-state index in [1.54, 1.807) is 6.92 Å². The van der Waals surface area contributed by atoms with E-state index in [0.29, 0.717) is 18.3 Å². The van der Waals surface area contributed by atoms with Gasteiger partial charge in [0.15, 0.2) is 0 Å². The molecule has 0 unspecified atom stereocenters. The molecule has 0 bridgehead atoms. The summed E-state index contributed by atoms with van der Waals surface area (Å²) in [6.07, 6.45) is 10.5. The van der Waals surface area contributed by atoms with Gasteiger partial charge in [0.25, 0.3) is 5.91 Å². The Morgan fingerprint density at radius 2 is 1.61 bits per heavy atom. The lowest BCUT2D eigenvalue weighted by molar-refractivity contribution is -0.117. The number of rotatable bonds is 16. The lowest BCUT2D eigenvalue weighted by Gasteiger charge is -2.26. The largest absolute Gasteiger partial charge is 0.339 e. The molecule has 1 aromatic heterocycles. The number of amides is 1. The molecule has 0 aliphatic carbocycles. The number of imidazole rings is 1. The van der Waals surface area contributed by atoms with Gasteiger partial charge in [-0.2, -0.15) is 0 Å². The third-order valence-corrected chi connectivity index (χ3v) is 7.80. The van der Waals surface area contributed by atoms with Crippen LogP contribution in [0.1, 0.15) is 109 Å². The number of piperidine rings is 1. The number of nitrogens with zero attached hydrogens (tertiary/aromatic N) is 4. The van der Waals surface area contributed by atoms with Crippen LogP contribution in [0.25, 0.3) is 11.0 Å². The Kier molecular flexibility index (Phi) is 12.3. The molecule has 0 atom stereocenters. The highest BCUT2D eigenvalue weighted by Gasteiger charge is 2.19. The van der Waals surface area contributed by atoms with Gasteiger partial charge in [0.05, 0.1) is 11.0 Å². The first-order chi connectivity index (χ1) is 18.2. The summed E-state index contributed by atoms with van der Waals surface area (Å²) in [6, 6.07) is 6.08. The van der Waals surface area contributed by atoms with Crippen molar-refractivity contribution in [3.8, 4) is 0 Å². The predicted octanol–water partition coefficient (Wildman–Crippen LogP) is 6.75. The van der Waals surface area contributed by atoms with E-state index in [1.165, 1.54) is 32.4 Å². The van der Waals surface area contributed by atoms with Crippen LogP contribution in [0.15, 0.2) is 18.2 Å². The Hall–Kier alpha value is -2.21. The second-order valence-electron chi connectivity index (χ2n) is 12.2. The molecule has 2 heterocycles. The summed E-state index contributed by atoms with van der Waals surface area (Å²) in [5.74, 6) is 2.61. The number of hydrogen-bond donors (Lipinski definition) is 0. The van der Waals surface area contributed by atoms with Gasteiger partial charge in [-0.1, -0.05) is 34.1 Å². The molecule has 38 heavy (non-hydrogen) atoms. The number of hydrogen-bond acceptors (Lipinski definition) is 4. The monoisotopic (exact) mass is 524 g/mol. The zero-order valence-corrected chi connectivity index (χ0v) is 24.8. The Morgan fingerprint density at radius 3 is 2.24 bits per heavy atom. The Bertz CT molecular complexity index is 1010. The fourth-order valence-electron chi connectivity index (χ4n) is 5.36. The van der Waals surface area contributed by atoms with Gasteiger partial charge in [-0.15, -0.1) is 0 Å². The zero-order valence-electron chi connectivity index (χ0n) is 24.8. The van der Waals surface area contributed by atoms with Crippen LogP contribution < -0.4 is 0 Å². The van der Waals surface area contributed by atoms with Crippen LogP contribution in [0.4, 0.5) is 0 Å². The van der Waals surface area contributed by atoms with Crippen LogP contribution in [-0.2, 0) is 17.8 Å². The second-order valence-corrected chi connectivity index (χ2v) is 12.2. The van der Waals surface area contributed by atoms with E-state index in [1.807, 2.05) is 12.1 Å². The summed E-state index contributed by atoms with van der Waals surface area (Å²) in [4.78, 5) is 34.7. The summed E-state index contributed by atoms with van der Waals surface area (Å²) < 4.78 is 2.36. The SMILES string of the molecule is CC(=O)CCCCc1nc2ccc(C(=O)N(CCC(C)C)CCC(C)C)cc2n1CCCN1CCCCC1. The molecule has 3 rings (SSSR count). The molecule has 0 radical (unpaired) electrons. The van der Waals surface area contributed by atoms with Crippen LogP contribution in [0.2, 0.25) is 0 Å². The van der Waals surface area contributed by atoms with Crippen molar-refractivity contribution in [2.45, 2.75) is 105 Å². The standard InChI is InChI=1S/C32H52N4O2/c1-25(2)16-22-35(23-17-26(3)4)32(38)28-14-15-29-30(24-28)36(21-11-20-34-18-9-6-10-19-34)31(33-29)13-8-7-12-27(5)37/h14-15,24-26H,6-13,16-23H2,1-5H3. The first-order valence-electron chi connectivity index (χ1n) is 15.2. The third-order valence-electron chi connectivity index (χ3n) is 7.80. The van der Waals surface area contributed by atoms with Crippen molar-refractivity contribution < 1.29 is 9.59 Å². The molecule has 0 spiro atoms. The quantitative estimate of drug-likeness (QED) is 0.228. The number of aryl methyl sites for hydroxylation is 2. The molecule has 1 fully saturated rings. The first kappa shape index (κ1) is 30.3. The molecule has 212 valence electrons. The van der Waals surface area contributed by atoms with Gasteiger partial charge in [-0.25, -0.2) is 4.98 Å². The predicted molar refractivity (Wildman–Crippen MR) is 158 cm³/mol. The number of Topliss-reactive ketones (excluding diaryl/α,β-unsaturated/α-hetero) is 1. The average molecular weight is 525 g/mol. The van der Waals surface area contributed by atoms with E-state index >= 15 is 0 Å². The minimum atomic E-state index is 0.136. The molecule has 1 saturated heterocycles. The van der Waals surface area contributed by atoms with E-state index in [4.69, 9.17) is 4.98 Å². The molecule has 1 aliphatic heterocycles. The molecule has 0 saturated carbocycles. The number of carbonyl (C=O) groups excluding carboxylic acids is 2. The van der Waals surface area contributed by atoms with Crippen molar-refractivity contribution in [1.29, 1.82) is 0 Å². The maximum Gasteiger partial charge on any atom is 0.253 e. The van der Waals surface area contributed by atoms with Gasteiger partial charge >= 0.3 is 0 Å². The minimum Gasteiger partial charge on any atom is -0.339 e. The minimum absolute atomic E-state index is 0.136. The number of ketones is 1. The summed E-state index contributed by atoms with van der Waals surface area (Å²) >= 11 is 0. The van der Waals surface area contributed by atoms with Crippen molar-refractivity contribution >= 4 is 22.7 Å². The second kappa shape index (κ2) is 15.4. The molecular weight excluding hydrogens is 472 g/mol. The van der Waals surface area contributed by atoms with Crippen molar-refractivity contribution in [3.63, 3.8) is 0 Å². The molecule has 1 aliphatic rings. The molecule has 2 aromatic rings. The molecule has 6 nitrogen and oxygen atoms in total. The van der Waals surface area contributed by atoms with Crippen LogP contribution in [0, 0.1) is 11.8 Å². The first-order valence-corrected chi connectivity index (χ1v) is 15.2. The van der Waals surface area contributed by atoms with Gasteiger partial charge in [0.2, 0.25) is 0 Å². The van der Waals surface area contributed by atoms with Gasteiger partial charge in [-0.05, 0) is 102 Å². The lowest BCUT2D eigenvalue weighted by Crippen LogP contribution is -2.34.